The van der Waals surface area contributed by atoms with E-state index in [4.69, 9.17) is 5.11 Å². The molecule has 1 amide bonds. The third-order valence-corrected chi connectivity index (χ3v) is 2.52. The molecular weight excluding hydrogens is 270 g/mol. The van der Waals surface area contributed by atoms with Crippen molar-refractivity contribution >= 4 is 23.8 Å². The van der Waals surface area contributed by atoms with Gasteiger partial charge in [0.1, 0.15) is 5.82 Å². The molecule has 0 radical (unpaired) electrons. The summed E-state index contributed by atoms with van der Waals surface area (Å²) >= 11 is 0. The van der Waals surface area contributed by atoms with E-state index in [9.17, 15) is 9.59 Å². The maximum atomic E-state index is 11.9. The molecule has 0 atom stereocenters. The van der Waals surface area contributed by atoms with Gasteiger partial charge in [-0.3, -0.25) is 9.78 Å². The van der Waals surface area contributed by atoms with Gasteiger partial charge < -0.3 is 10.4 Å². The van der Waals surface area contributed by atoms with Gasteiger partial charge in [-0.2, -0.15) is 0 Å². The number of nitrogens with zero attached hydrogens (tertiary/aromatic N) is 2. The van der Waals surface area contributed by atoms with Crippen molar-refractivity contribution in [3.63, 3.8) is 0 Å². The molecular formula is C15H13N3O3. The Morgan fingerprint density at radius 1 is 1.24 bits per heavy atom. The van der Waals surface area contributed by atoms with Gasteiger partial charge in [-0.1, -0.05) is 12.1 Å². The van der Waals surface area contributed by atoms with Gasteiger partial charge in [-0.25, -0.2) is 9.78 Å². The quantitative estimate of drug-likeness (QED) is 0.816. The van der Waals surface area contributed by atoms with Crippen LogP contribution in [-0.4, -0.2) is 27.0 Å². The van der Waals surface area contributed by atoms with Gasteiger partial charge in [-0.05, 0) is 29.8 Å². The van der Waals surface area contributed by atoms with Crippen LogP contribution in [0.1, 0.15) is 11.3 Å². The normalized spacial score (nSPS) is 10.5. The summed E-state index contributed by atoms with van der Waals surface area (Å²) in [5.74, 6) is -0.894. The first kappa shape index (κ1) is 14.4. The van der Waals surface area contributed by atoms with Crippen LogP contribution in [0.3, 0.4) is 0 Å². The second-order valence-electron chi connectivity index (χ2n) is 4.21. The first-order valence-corrected chi connectivity index (χ1v) is 6.20. The van der Waals surface area contributed by atoms with E-state index in [1.54, 1.807) is 36.7 Å². The predicted octanol–water partition coefficient (Wildman–Crippen LogP) is 1.76. The molecule has 2 rings (SSSR count). The molecule has 6 heteroatoms. The fraction of sp³-hybridized carbons (Fsp3) is 0.0667. The standard InChI is InChI=1S/C15H13N3O3/c19-14(9-11-3-2-8-16-10-11)18-13-5-1-4-12(17-13)6-7-15(20)21/h1-8,10H,9H2,(H,20,21)(H,17,18,19). The number of hydrogen-bond acceptors (Lipinski definition) is 4. The largest absolute Gasteiger partial charge is 0.478 e. The summed E-state index contributed by atoms with van der Waals surface area (Å²) in [7, 11) is 0. The van der Waals surface area contributed by atoms with Gasteiger partial charge in [-0.15, -0.1) is 0 Å². The molecule has 0 bridgehead atoms. The number of hydrogen-bond donors (Lipinski definition) is 2. The first-order chi connectivity index (χ1) is 10.1. The van der Waals surface area contributed by atoms with E-state index >= 15 is 0 Å². The topological polar surface area (TPSA) is 92.2 Å². The highest BCUT2D eigenvalue weighted by molar-refractivity contribution is 5.91. The molecule has 0 saturated heterocycles. The Morgan fingerprint density at radius 3 is 2.81 bits per heavy atom. The van der Waals surface area contributed by atoms with Crippen LogP contribution in [0.25, 0.3) is 6.08 Å². The summed E-state index contributed by atoms with van der Waals surface area (Å²) in [6.07, 6.45) is 5.81. The molecule has 106 valence electrons. The molecule has 2 heterocycles. The molecule has 0 aromatic carbocycles. The van der Waals surface area contributed by atoms with Gasteiger partial charge in [0, 0.05) is 18.5 Å². The maximum absolute atomic E-state index is 11.9. The van der Waals surface area contributed by atoms with E-state index in [1.165, 1.54) is 6.08 Å². The number of amides is 1. The van der Waals surface area contributed by atoms with Crippen molar-refractivity contribution in [1.29, 1.82) is 0 Å². The average molecular weight is 283 g/mol. The van der Waals surface area contributed by atoms with E-state index in [-0.39, 0.29) is 12.3 Å². The first-order valence-electron chi connectivity index (χ1n) is 6.20. The fourth-order valence-corrected chi connectivity index (χ4v) is 1.65. The Labute approximate surface area is 121 Å². The van der Waals surface area contributed by atoms with Gasteiger partial charge in [0.2, 0.25) is 5.91 Å². The number of carbonyl (C=O) groups excluding carboxylic acids is 1. The summed E-state index contributed by atoms with van der Waals surface area (Å²) in [6.45, 7) is 0. The Hall–Kier alpha value is -3.02. The number of carboxylic acids is 1. The number of carbonyl (C=O) groups is 2. The number of nitrogens with one attached hydrogen (secondary N) is 1. The number of rotatable bonds is 5. The lowest BCUT2D eigenvalue weighted by atomic mass is 10.2. The number of aromatic nitrogens is 2. The van der Waals surface area contributed by atoms with Gasteiger partial charge in [0.05, 0.1) is 12.1 Å². The third-order valence-electron chi connectivity index (χ3n) is 2.52. The minimum Gasteiger partial charge on any atom is -0.478 e. The van der Waals surface area contributed by atoms with E-state index in [0.29, 0.717) is 11.5 Å². The van der Waals surface area contributed by atoms with Crippen molar-refractivity contribution < 1.29 is 14.7 Å². The average Bonchev–Trinajstić information content (AvgIpc) is 2.46. The van der Waals surface area contributed by atoms with Crippen molar-refractivity contribution in [3.05, 3.63) is 60.1 Å². The number of carboxylic acid groups (broad SMARTS) is 1. The molecule has 0 aliphatic carbocycles. The zero-order valence-electron chi connectivity index (χ0n) is 11.1. The number of aliphatic carboxylic acids is 1. The molecule has 21 heavy (non-hydrogen) atoms. The molecule has 0 spiro atoms. The molecule has 2 aromatic heterocycles. The molecule has 0 fully saturated rings. The minimum atomic E-state index is -1.05. The summed E-state index contributed by atoms with van der Waals surface area (Å²) in [6, 6.07) is 8.55. The number of anilines is 1. The molecule has 2 aromatic rings. The van der Waals surface area contributed by atoms with Crippen LogP contribution in [-0.2, 0) is 16.0 Å². The molecule has 6 nitrogen and oxygen atoms in total. The lowest BCUT2D eigenvalue weighted by Gasteiger charge is -2.05. The Kier molecular flexibility index (Phi) is 4.76. The highest BCUT2D eigenvalue weighted by atomic mass is 16.4. The van der Waals surface area contributed by atoms with Crippen LogP contribution in [0.5, 0.6) is 0 Å². The van der Waals surface area contributed by atoms with E-state index in [2.05, 4.69) is 15.3 Å². The lowest BCUT2D eigenvalue weighted by Crippen LogP contribution is -2.15. The summed E-state index contributed by atoms with van der Waals surface area (Å²) in [4.78, 5) is 30.4. The summed E-state index contributed by atoms with van der Waals surface area (Å²) in [5.41, 5.74) is 1.26. The molecule has 0 aliphatic heterocycles. The van der Waals surface area contributed by atoms with Crippen molar-refractivity contribution in [3.8, 4) is 0 Å². The van der Waals surface area contributed by atoms with Crippen molar-refractivity contribution in [2.24, 2.45) is 0 Å². The predicted molar refractivity (Wildman–Crippen MR) is 77.5 cm³/mol. The maximum Gasteiger partial charge on any atom is 0.328 e. The lowest BCUT2D eigenvalue weighted by molar-refractivity contribution is -0.131. The monoisotopic (exact) mass is 283 g/mol. The zero-order valence-corrected chi connectivity index (χ0v) is 11.1. The second kappa shape index (κ2) is 6.95. The highest BCUT2D eigenvalue weighted by Gasteiger charge is 2.05. The van der Waals surface area contributed by atoms with E-state index in [1.807, 2.05) is 6.07 Å². The van der Waals surface area contributed by atoms with Gasteiger partial charge in [0.15, 0.2) is 0 Å². The summed E-state index contributed by atoms with van der Waals surface area (Å²) < 4.78 is 0. The summed E-state index contributed by atoms with van der Waals surface area (Å²) in [5, 5.41) is 11.2. The fourth-order valence-electron chi connectivity index (χ4n) is 1.65. The van der Waals surface area contributed by atoms with Crippen LogP contribution < -0.4 is 5.32 Å². The molecule has 0 saturated carbocycles. The minimum absolute atomic E-state index is 0.199. The third kappa shape index (κ3) is 4.87. The van der Waals surface area contributed by atoms with Crippen LogP contribution in [0, 0.1) is 0 Å². The van der Waals surface area contributed by atoms with Crippen molar-refractivity contribution in [2.45, 2.75) is 6.42 Å². The zero-order chi connectivity index (χ0) is 15.1. The SMILES string of the molecule is O=C(O)C=Cc1cccc(NC(=O)Cc2cccnc2)n1. The van der Waals surface area contributed by atoms with Gasteiger partial charge in [0.25, 0.3) is 0 Å². The van der Waals surface area contributed by atoms with Crippen molar-refractivity contribution in [2.75, 3.05) is 5.32 Å². The molecule has 0 unspecified atom stereocenters. The number of pyridine rings is 2. The Bertz CT molecular complexity index is 669. The highest BCUT2D eigenvalue weighted by Crippen LogP contribution is 2.07. The Balaban J connectivity index is 2.01. The Morgan fingerprint density at radius 2 is 2.10 bits per heavy atom. The molecule has 0 aliphatic rings. The van der Waals surface area contributed by atoms with Gasteiger partial charge >= 0.3 is 5.97 Å². The van der Waals surface area contributed by atoms with Crippen LogP contribution in [0.15, 0.2) is 48.8 Å². The molecule has 2 N–H and O–H groups in total. The van der Waals surface area contributed by atoms with Crippen LogP contribution in [0.4, 0.5) is 5.82 Å². The van der Waals surface area contributed by atoms with Crippen LogP contribution >= 0.6 is 0 Å². The van der Waals surface area contributed by atoms with Crippen molar-refractivity contribution in [1.82, 2.24) is 9.97 Å². The van der Waals surface area contributed by atoms with E-state index < -0.39 is 5.97 Å². The van der Waals surface area contributed by atoms with E-state index in [0.717, 1.165) is 11.6 Å². The smallest absolute Gasteiger partial charge is 0.328 e. The second-order valence-corrected chi connectivity index (χ2v) is 4.21. The van der Waals surface area contributed by atoms with Crippen LogP contribution in [0.2, 0.25) is 0 Å².